The normalized spacial score (nSPS) is 11.7. The van der Waals surface area contributed by atoms with Gasteiger partial charge in [0.2, 0.25) is 0 Å². The number of hydrogen-bond donors (Lipinski definition) is 2. The predicted molar refractivity (Wildman–Crippen MR) is 77.2 cm³/mol. The molecule has 0 saturated heterocycles. The van der Waals surface area contributed by atoms with Crippen molar-refractivity contribution < 1.29 is 4.42 Å². The average molecular weight is 266 g/mol. The Labute approximate surface area is 111 Å². The molecule has 5 nitrogen and oxygen atoms in total. The summed E-state index contributed by atoms with van der Waals surface area (Å²) in [6.07, 6.45) is 0. The summed E-state index contributed by atoms with van der Waals surface area (Å²) in [4.78, 5) is 28.8. The molecule has 4 aromatic rings. The van der Waals surface area contributed by atoms with Gasteiger partial charge in [-0.25, -0.2) is 9.59 Å². The van der Waals surface area contributed by atoms with E-state index in [0.29, 0.717) is 22.0 Å². The van der Waals surface area contributed by atoms with Crippen LogP contribution in [0.25, 0.3) is 32.8 Å². The van der Waals surface area contributed by atoms with Crippen LogP contribution in [0.1, 0.15) is 5.56 Å². The Balaban J connectivity index is 2.32. The van der Waals surface area contributed by atoms with Gasteiger partial charge in [0.15, 0.2) is 0 Å². The van der Waals surface area contributed by atoms with Crippen molar-refractivity contribution in [2.24, 2.45) is 0 Å². The van der Waals surface area contributed by atoms with Gasteiger partial charge in [-0.2, -0.15) is 0 Å². The van der Waals surface area contributed by atoms with Crippen molar-refractivity contribution in [3.63, 3.8) is 0 Å². The van der Waals surface area contributed by atoms with E-state index in [1.807, 2.05) is 25.1 Å². The van der Waals surface area contributed by atoms with Crippen molar-refractivity contribution in [3.8, 4) is 0 Å². The molecule has 0 atom stereocenters. The molecule has 0 unspecified atom stereocenters. The minimum Gasteiger partial charge on any atom is -0.422 e. The van der Waals surface area contributed by atoms with E-state index in [1.54, 1.807) is 12.1 Å². The Morgan fingerprint density at radius 1 is 0.900 bits per heavy atom. The Bertz CT molecular complexity index is 1100. The van der Waals surface area contributed by atoms with Crippen molar-refractivity contribution in [2.75, 3.05) is 0 Å². The molecule has 2 N–H and O–H groups in total. The second kappa shape index (κ2) is 3.60. The molecule has 0 spiro atoms. The number of aromatic nitrogens is 2. The van der Waals surface area contributed by atoms with Gasteiger partial charge in [0.1, 0.15) is 5.58 Å². The first kappa shape index (κ1) is 11.0. The average Bonchev–Trinajstić information content (AvgIpc) is 2.76. The van der Waals surface area contributed by atoms with Crippen molar-refractivity contribution >= 4 is 32.8 Å². The first-order valence-corrected chi connectivity index (χ1v) is 6.21. The maximum absolute atomic E-state index is 12.1. The van der Waals surface area contributed by atoms with E-state index in [9.17, 15) is 9.59 Å². The quantitative estimate of drug-likeness (QED) is 0.379. The fourth-order valence-corrected chi connectivity index (χ4v) is 2.57. The van der Waals surface area contributed by atoms with Crippen LogP contribution in [0.3, 0.4) is 0 Å². The summed E-state index contributed by atoms with van der Waals surface area (Å²) in [6.45, 7) is 1.94. The lowest BCUT2D eigenvalue weighted by atomic mass is 10.1. The van der Waals surface area contributed by atoms with Gasteiger partial charge in [0, 0.05) is 10.8 Å². The zero-order chi connectivity index (χ0) is 13.9. The maximum atomic E-state index is 12.1. The SMILES string of the molecule is Cc1ccc2c(c1)oc(=O)c1cc3[nH]c(=O)[nH]c3cc12. The standard InChI is InChI=1S/C15H10N2O3/c1-7-2-3-8-9-5-11-12(17-15(19)16-11)6-10(9)14(18)20-13(8)4-7/h2-6H,1H3,(H2,16,17,19). The summed E-state index contributed by atoms with van der Waals surface area (Å²) < 4.78 is 5.35. The van der Waals surface area contributed by atoms with Crippen LogP contribution >= 0.6 is 0 Å². The number of aryl methyl sites for hydroxylation is 1. The van der Waals surface area contributed by atoms with Crippen LogP contribution in [-0.4, -0.2) is 9.97 Å². The van der Waals surface area contributed by atoms with Gasteiger partial charge in [0.25, 0.3) is 0 Å². The van der Waals surface area contributed by atoms with E-state index in [2.05, 4.69) is 9.97 Å². The highest BCUT2D eigenvalue weighted by Gasteiger charge is 2.10. The van der Waals surface area contributed by atoms with Crippen molar-refractivity contribution in [3.05, 3.63) is 56.8 Å². The Morgan fingerprint density at radius 2 is 1.60 bits per heavy atom. The number of nitrogens with one attached hydrogen (secondary N) is 2. The number of imidazole rings is 1. The minimum atomic E-state index is -0.401. The molecule has 2 aromatic carbocycles. The zero-order valence-electron chi connectivity index (χ0n) is 10.6. The maximum Gasteiger partial charge on any atom is 0.344 e. The van der Waals surface area contributed by atoms with Crippen LogP contribution < -0.4 is 11.3 Å². The third kappa shape index (κ3) is 1.43. The molecule has 0 amide bonds. The molecular formula is C15H10N2O3. The molecule has 0 bridgehead atoms. The largest absolute Gasteiger partial charge is 0.422 e. The monoisotopic (exact) mass is 266 g/mol. The van der Waals surface area contributed by atoms with Crippen LogP contribution in [0, 0.1) is 6.92 Å². The Kier molecular flexibility index (Phi) is 1.99. The van der Waals surface area contributed by atoms with E-state index in [4.69, 9.17) is 4.42 Å². The third-order valence-electron chi connectivity index (χ3n) is 3.50. The number of aromatic amines is 2. The molecule has 5 heteroatoms. The van der Waals surface area contributed by atoms with E-state index < -0.39 is 5.63 Å². The van der Waals surface area contributed by atoms with Gasteiger partial charge >= 0.3 is 11.3 Å². The molecular weight excluding hydrogens is 256 g/mol. The first-order chi connectivity index (χ1) is 9.61. The van der Waals surface area contributed by atoms with Crippen molar-refractivity contribution in [2.45, 2.75) is 6.92 Å². The molecule has 0 radical (unpaired) electrons. The van der Waals surface area contributed by atoms with Gasteiger partial charge in [0.05, 0.1) is 16.4 Å². The Hall–Kier alpha value is -2.82. The highest BCUT2D eigenvalue weighted by atomic mass is 16.4. The van der Waals surface area contributed by atoms with Crippen LogP contribution in [0.15, 0.2) is 44.3 Å². The molecule has 0 aliphatic heterocycles. The summed E-state index contributed by atoms with van der Waals surface area (Å²) >= 11 is 0. The molecule has 4 rings (SSSR count). The van der Waals surface area contributed by atoms with Crippen molar-refractivity contribution in [1.82, 2.24) is 9.97 Å². The van der Waals surface area contributed by atoms with Gasteiger partial charge in [-0.1, -0.05) is 12.1 Å². The summed E-state index contributed by atoms with van der Waals surface area (Å²) in [5.74, 6) is 0. The molecule has 20 heavy (non-hydrogen) atoms. The number of benzene rings is 2. The summed E-state index contributed by atoms with van der Waals surface area (Å²) in [6, 6.07) is 9.17. The van der Waals surface area contributed by atoms with E-state index in [1.165, 1.54) is 0 Å². The highest BCUT2D eigenvalue weighted by molar-refractivity contribution is 6.08. The van der Waals surface area contributed by atoms with Gasteiger partial charge in [-0.05, 0) is 30.7 Å². The Morgan fingerprint density at radius 3 is 2.35 bits per heavy atom. The van der Waals surface area contributed by atoms with Crippen LogP contribution in [-0.2, 0) is 0 Å². The minimum absolute atomic E-state index is 0.292. The van der Waals surface area contributed by atoms with Crippen LogP contribution in [0.4, 0.5) is 0 Å². The lowest BCUT2D eigenvalue weighted by Crippen LogP contribution is -2.00. The molecule has 0 fully saturated rings. The smallest absolute Gasteiger partial charge is 0.344 e. The van der Waals surface area contributed by atoms with E-state index in [-0.39, 0.29) is 5.69 Å². The second-order valence-electron chi connectivity index (χ2n) is 4.91. The molecule has 98 valence electrons. The number of hydrogen-bond acceptors (Lipinski definition) is 3. The summed E-state index contributed by atoms with van der Waals surface area (Å²) in [5, 5.41) is 2.09. The van der Waals surface area contributed by atoms with Gasteiger partial charge in [-0.3, -0.25) is 0 Å². The lowest BCUT2D eigenvalue weighted by molar-refractivity contribution is 0.569. The fourth-order valence-electron chi connectivity index (χ4n) is 2.57. The topological polar surface area (TPSA) is 78.9 Å². The van der Waals surface area contributed by atoms with Gasteiger partial charge in [-0.15, -0.1) is 0 Å². The summed E-state index contributed by atoms with van der Waals surface area (Å²) in [7, 11) is 0. The molecule has 0 saturated carbocycles. The fraction of sp³-hybridized carbons (Fsp3) is 0.0667. The van der Waals surface area contributed by atoms with Crippen LogP contribution in [0.2, 0.25) is 0 Å². The van der Waals surface area contributed by atoms with Crippen LogP contribution in [0.5, 0.6) is 0 Å². The third-order valence-corrected chi connectivity index (χ3v) is 3.50. The zero-order valence-corrected chi connectivity index (χ0v) is 10.6. The molecule has 2 heterocycles. The number of H-pyrrole nitrogens is 2. The first-order valence-electron chi connectivity index (χ1n) is 6.21. The second-order valence-corrected chi connectivity index (χ2v) is 4.91. The van der Waals surface area contributed by atoms with Gasteiger partial charge < -0.3 is 14.4 Å². The van der Waals surface area contributed by atoms with Crippen molar-refractivity contribution in [1.29, 1.82) is 0 Å². The van der Waals surface area contributed by atoms with E-state index in [0.717, 1.165) is 16.3 Å². The number of fused-ring (bicyclic) bond motifs is 4. The molecule has 2 aromatic heterocycles. The number of rotatable bonds is 0. The highest BCUT2D eigenvalue weighted by Crippen LogP contribution is 2.26. The molecule has 0 aliphatic rings. The predicted octanol–water partition coefficient (Wildman–Crippen LogP) is 2.42. The lowest BCUT2D eigenvalue weighted by Gasteiger charge is -2.03. The van der Waals surface area contributed by atoms with E-state index >= 15 is 0 Å². The molecule has 0 aliphatic carbocycles. The summed E-state index contributed by atoms with van der Waals surface area (Å²) in [5.41, 5.74) is 2.16.